The normalized spacial score (nSPS) is 13.1. The van der Waals surface area contributed by atoms with Crippen LogP contribution in [0.2, 0.25) is 0 Å². The second-order valence-electron chi connectivity index (χ2n) is 7.19. The molecule has 1 N–H and O–H groups in total. The van der Waals surface area contributed by atoms with Crippen LogP contribution in [-0.4, -0.2) is 37.8 Å². The number of hydrogen-bond acceptors (Lipinski definition) is 5. The maximum absolute atomic E-state index is 12.8. The number of carbonyl (C=O) groups excluding carboxylic acids is 2. The van der Waals surface area contributed by atoms with Gasteiger partial charge in [0.25, 0.3) is 5.91 Å². The molecule has 0 spiro atoms. The van der Waals surface area contributed by atoms with Gasteiger partial charge in [0.15, 0.2) is 0 Å². The van der Waals surface area contributed by atoms with Crippen LogP contribution in [0.15, 0.2) is 18.2 Å². The Hall–Kier alpha value is -2.08. The predicted octanol–water partition coefficient (Wildman–Crippen LogP) is 4.43. The molecule has 0 heterocycles. The standard InChI is InChI=1S/C21H33NO5/c1-7-11-21(5,27-12-8-2)20(24)22-16-9-10-18(26-14-15(3)4)17(13-16)19(23)25-6/h9-10,13,15H,7-8,11-12,14H2,1-6H3,(H,22,24)/t21-/m0/s1. The second-order valence-corrected chi connectivity index (χ2v) is 7.19. The highest BCUT2D eigenvalue weighted by atomic mass is 16.5. The highest BCUT2D eigenvalue weighted by Gasteiger charge is 2.33. The first-order valence-electron chi connectivity index (χ1n) is 9.57. The maximum atomic E-state index is 12.8. The van der Waals surface area contributed by atoms with Crippen molar-refractivity contribution in [3.63, 3.8) is 0 Å². The summed E-state index contributed by atoms with van der Waals surface area (Å²) < 4.78 is 16.4. The van der Waals surface area contributed by atoms with E-state index in [9.17, 15) is 9.59 Å². The molecule has 1 amide bonds. The maximum Gasteiger partial charge on any atom is 0.341 e. The summed E-state index contributed by atoms with van der Waals surface area (Å²) in [6.45, 7) is 10.9. The zero-order chi connectivity index (χ0) is 20.4. The van der Waals surface area contributed by atoms with Gasteiger partial charge in [0.2, 0.25) is 0 Å². The number of amides is 1. The molecule has 152 valence electrons. The van der Waals surface area contributed by atoms with Crippen molar-refractivity contribution in [3.8, 4) is 5.75 Å². The van der Waals surface area contributed by atoms with Gasteiger partial charge in [0.05, 0.1) is 13.7 Å². The van der Waals surface area contributed by atoms with Gasteiger partial charge in [0.1, 0.15) is 16.9 Å². The summed E-state index contributed by atoms with van der Waals surface area (Å²) in [5.41, 5.74) is -0.134. The Morgan fingerprint density at radius 2 is 1.89 bits per heavy atom. The molecule has 6 heteroatoms. The van der Waals surface area contributed by atoms with Gasteiger partial charge in [0, 0.05) is 12.3 Å². The van der Waals surface area contributed by atoms with E-state index < -0.39 is 11.6 Å². The molecule has 0 aliphatic carbocycles. The Labute approximate surface area is 162 Å². The van der Waals surface area contributed by atoms with Crippen molar-refractivity contribution in [2.75, 3.05) is 25.6 Å². The Kier molecular flexibility index (Phi) is 9.29. The minimum absolute atomic E-state index is 0.232. The number of nitrogens with one attached hydrogen (secondary N) is 1. The molecule has 0 bridgehead atoms. The molecule has 0 aromatic heterocycles. The van der Waals surface area contributed by atoms with Crippen LogP contribution in [0.3, 0.4) is 0 Å². The van der Waals surface area contributed by atoms with Crippen LogP contribution in [0.5, 0.6) is 5.75 Å². The lowest BCUT2D eigenvalue weighted by molar-refractivity contribution is -0.140. The fourth-order valence-corrected chi connectivity index (χ4v) is 2.58. The first-order chi connectivity index (χ1) is 12.8. The van der Waals surface area contributed by atoms with E-state index in [2.05, 4.69) is 5.32 Å². The van der Waals surface area contributed by atoms with E-state index in [0.717, 1.165) is 12.8 Å². The molecule has 0 saturated heterocycles. The molecule has 27 heavy (non-hydrogen) atoms. The van der Waals surface area contributed by atoms with Crippen LogP contribution in [-0.2, 0) is 14.3 Å². The lowest BCUT2D eigenvalue weighted by Crippen LogP contribution is -2.43. The molecule has 0 radical (unpaired) electrons. The van der Waals surface area contributed by atoms with Gasteiger partial charge in [-0.05, 0) is 43.9 Å². The zero-order valence-corrected chi connectivity index (χ0v) is 17.4. The molecule has 1 rings (SSSR count). The van der Waals surface area contributed by atoms with Crippen molar-refractivity contribution in [2.24, 2.45) is 5.92 Å². The second kappa shape index (κ2) is 10.9. The fraction of sp³-hybridized carbons (Fsp3) is 0.619. The van der Waals surface area contributed by atoms with Crippen LogP contribution in [0.4, 0.5) is 5.69 Å². The van der Waals surface area contributed by atoms with E-state index >= 15 is 0 Å². The summed E-state index contributed by atoms with van der Waals surface area (Å²) >= 11 is 0. The lowest BCUT2D eigenvalue weighted by atomic mass is 9.98. The minimum atomic E-state index is -0.914. The summed E-state index contributed by atoms with van der Waals surface area (Å²) in [5.74, 6) is 0.0142. The molecule has 6 nitrogen and oxygen atoms in total. The van der Waals surface area contributed by atoms with Crippen molar-refractivity contribution in [3.05, 3.63) is 23.8 Å². The number of methoxy groups -OCH3 is 1. The van der Waals surface area contributed by atoms with Gasteiger partial charge in [-0.3, -0.25) is 4.79 Å². The van der Waals surface area contributed by atoms with Gasteiger partial charge in [-0.15, -0.1) is 0 Å². The average molecular weight is 379 g/mol. The smallest absolute Gasteiger partial charge is 0.341 e. The van der Waals surface area contributed by atoms with Crippen molar-refractivity contribution in [1.29, 1.82) is 0 Å². The van der Waals surface area contributed by atoms with E-state index in [1.165, 1.54) is 7.11 Å². The fourth-order valence-electron chi connectivity index (χ4n) is 2.58. The zero-order valence-electron chi connectivity index (χ0n) is 17.4. The third kappa shape index (κ3) is 6.86. The SMILES string of the molecule is CCCO[C@@](C)(CCC)C(=O)Nc1ccc(OCC(C)C)c(C(=O)OC)c1. The number of rotatable bonds is 11. The number of ether oxygens (including phenoxy) is 3. The third-order valence-electron chi connectivity index (χ3n) is 4.05. The Balaban J connectivity index is 3.04. The van der Waals surface area contributed by atoms with Crippen LogP contribution < -0.4 is 10.1 Å². The molecule has 0 saturated carbocycles. The van der Waals surface area contributed by atoms with Crippen LogP contribution in [0.25, 0.3) is 0 Å². The van der Waals surface area contributed by atoms with E-state index in [1.54, 1.807) is 25.1 Å². The van der Waals surface area contributed by atoms with Gasteiger partial charge in [-0.2, -0.15) is 0 Å². The Morgan fingerprint density at radius 3 is 2.44 bits per heavy atom. The summed E-state index contributed by atoms with van der Waals surface area (Å²) in [6, 6.07) is 4.96. The molecule has 0 unspecified atom stereocenters. The molecule has 0 aliphatic heterocycles. The molecule has 1 aromatic carbocycles. The number of benzene rings is 1. The number of anilines is 1. The van der Waals surface area contributed by atoms with Crippen LogP contribution in [0, 0.1) is 5.92 Å². The first-order valence-corrected chi connectivity index (χ1v) is 9.57. The summed E-state index contributed by atoms with van der Waals surface area (Å²) in [5, 5.41) is 2.86. The van der Waals surface area contributed by atoms with Gasteiger partial charge < -0.3 is 19.5 Å². The van der Waals surface area contributed by atoms with E-state index in [0.29, 0.717) is 37.0 Å². The average Bonchev–Trinajstić information content (AvgIpc) is 2.64. The van der Waals surface area contributed by atoms with Gasteiger partial charge >= 0.3 is 5.97 Å². The topological polar surface area (TPSA) is 73.9 Å². The number of hydrogen-bond donors (Lipinski definition) is 1. The van der Waals surface area contributed by atoms with Crippen molar-refractivity contribution in [1.82, 2.24) is 0 Å². The first kappa shape index (κ1) is 23.0. The van der Waals surface area contributed by atoms with Crippen LogP contribution in [0.1, 0.15) is 64.2 Å². The van der Waals surface area contributed by atoms with Crippen LogP contribution >= 0.6 is 0 Å². The van der Waals surface area contributed by atoms with Crippen molar-refractivity contribution >= 4 is 17.6 Å². The number of carbonyl (C=O) groups is 2. The largest absolute Gasteiger partial charge is 0.492 e. The van der Waals surface area contributed by atoms with E-state index in [1.807, 2.05) is 27.7 Å². The summed E-state index contributed by atoms with van der Waals surface area (Å²) in [7, 11) is 1.32. The Bertz CT molecular complexity index is 629. The van der Waals surface area contributed by atoms with Gasteiger partial charge in [-0.25, -0.2) is 4.79 Å². The molecule has 1 aromatic rings. The van der Waals surface area contributed by atoms with Crippen molar-refractivity contribution < 1.29 is 23.8 Å². The Morgan fingerprint density at radius 1 is 1.19 bits per heavy atom. The molecular formula is C21H33NO5. The minimum Gasteiger partial charge on any atom is -0.492 e. The van der Waals surface area contributed by atoms with E-state index in [-0.39, 0.29) is 11.5 Å². The van der Waals surface area contributed by atoms with E-state index in [4.69, 9.17) is 14.2 Å². The molecule has 0 fully saturated rings. The third-order valence-corrected chi connectivity index (χ3v) is 4.05. The van der Waals surface area contributed by atoms with Gasteiger partial charge in [-0.1, -0.05) is 34.1 Å². The highest BCUT2D eigenvalue weighted by Crippen LogP contribution is 2.26. The monoisotopic (exact) mass is 379 g/mol. The highest BCUT2D eigenvalue weighted by molar-refractivity contribution is 5.99. The summed E-state index contributed by atoms with van der Waals surface area (Å²) in [6.07, 6.45) is 2.27. The van der Waals surface area contributed by atoms with Crippen molar-refractivity contribution in [2.45, 2.75) is 59.5 Å². The molecule has 0 aliphatic rings. The quantitative estimate of drug-likeness (QED) is 0.576. The molecular weight excluding hydrogens is 346 g/mol. The lowest BCUT2D eigenvalue weighted by Gasteiger charge is -2.28. The predicted molar refractivity (Wildman–Crippen MR) is 106 cm³/mol. The molecule has 1 atom stereocenters. The summed E-state index contributed by atoms with van der Waals surface area (Å²) in [4.78, 5) is 24.9. The number of esters is 1.